The molecule has 0 aromatic heterocycles. The van der Waals surface area contributed by atoms with Crippen molar-refractivity contribution in [3.05, 3.63) is 0 Å². The van der Waals surface area contributed by atoms with Crippen molar-refractivity contribution in [1.29, 1.82) is 0 Å². The Morgan fingerprint density at radius 1 is 1.26 bits per heavy atom. The average molecular weight is 273 g/mol. The molecule has 3 atom stereocenters. The number of aliphatic hydroxyl groups is 1. The summed E-state index contributed by atoms with van der Waals surface area (Å²) in [5.74, 6) is -0.587. The van der Waals surface area contributed by atoms with Gasteiger partial charge in [0.15, 0.2) is 0 Å². The first-order valence-corrected chi connectivity index (χ1v) is 6.48. The third-order valence-corrected chi connectivity index (χ3v) is 3.05. The van der Waals surface area contributed by atoms with Crippen LogP contribution in [-0.4, -0.2) is 42.0 Å². The van der Waals surface area contributed by atoms with Gasteiger partial charge in [-0.25, -0.2) is 4.79 Å². The largest absolute Gasteiger partial charge is 0.469 e. The van der Waals surface area contributed by atoms with Crippen LogP contribution in [0, 0.1) is 5.92 Å². The minimum atomic E-state index is -0.659. The van der Waals surface area contributed by atoms with Crippen molar-refractivity contribution in [2.75, 3.05) is 7.11 Å². The summed E-state index contributed by atoms with van der Waals surface area (Å²) in [5.41, 5.74) is -0.592. The molecule has 0 radical (unpaired) electrons. The maximum atomic E-state index is 11.7. The molecular formula is C13H23NO5. The van der Waals surface area contributed by atoms with Crippen molar-refractivity contribution in [2.24, 2.45) is 5.92 Å². The van der Waals surface area contributed by atoms with Gasteiger partial charge in [0.2, 0.25) is 0 Å². The van der Waals surface area contributed by atoms with E-state index in [1.54, 1.807) is 20.8 Å². The molecule has 1 rings (SSSR count). The minimum absolute atomic E-state index is 0.284. The molecule has 0 aliphatic heterocycles. The molecule has 0 aromatic rings. The van der Waals surface area contributed by atoms with E-state index in [0.29, 0.717) is 19.3 Å². The van der Waals surface area contributed by atoms with Crippen molar-refractivity contribution < 1.29 is 24.2 Å². The summed E-state index contributed by atoms with van der Waals surface area (Å²) in [6.45, 7) is 5.30. The summed E-state index contributed by atoms with van der Waals surface area (Å²) in [7, 11) is 1.34. The summed E-state index contributed by atoms with van der Waals surface area (Å²) >= 11 is 0. The van der Waals surface area contributed by atoms with E-state index in [9.17, 15) is 14.7 Å². The summed E-state index contributed by atoms with van der Waals surface area (Å²) in [6.07, 6.45) is 0.156. The molecule has 2 N–H and O–H groups in total. The number of hydrogen-bond acceptors (Lipinski definition) is 5. The highest BCUT2D eigenvalue weighted by Gasteiger charge is 2.35. The second kappa shape index (κ2) is 6.23. The van der Waals surface area contributed by atoms with Gasteiger partial charge in [-0.15, -0.1) is 0 Å². The van der Waals surface area contributed by atoms with Crippen LogP contribution in [0.4, 0.5) is 4.79 Å². The van der Waals surface area contributed by atoms with Crippen molar-refractivity contribution >= 4 is 12.1 Å². The Hall–Kier alpha value is -1.30. The topological polar surface area (TPSA) is 84.9 Å². The predicted molar refractivity (Wildman–Crippen MR) is 68.5 cm³/mol. The number of amides is 1. The van der Waals surface area contributed by atoms with Crippen LogP contribution in [0.1, 0.15) is 40.0 Å². The molecule has 0 saturated heterocycles. The van der Waals surface area contributed by atoms with Crippen LogP contribution in [-0.2, 0) is 14.3 Å². The number of hydrogen-bond donors (Lipinski definition) is 2. The Morgan fingerprint density at radius 2 is 1.89 bits per heavy atom. The molecule has 19 heavy (non-hydrogen) atoms. The van der Waals surface area contributed by atoms with Gasteiger partial charge in [-0.1, -0.05) is 0 Å². The molecule has 6 heteroatoms. The number of nitrogens with one attached hydrogen (secondary N) is 1. The Morgan fingerprint density at radius 3 is 2.42 bits per heavy atom. The zero-order valence-electron chi connectivity index (χ0n) is 11.9. The quantitative estimate of drug-likeness (QED) is 0.739. The maximum absolute atomic E-state index is 11.7. The van der Waals surface area contributed by atoms with Gasteiger partial charge < -0.3 is 19.9 Å². The molecule has 0 bridgehead atoms. The van der Waals surface area contributed by atoms with E-state index in [4.69, 9.17) is 9.47 Å². The summed E-state index contributed by atoms with van der Waals surface area (Å²) in [6, 6.07) is -0.479. The van der Waals surface area contributed by atoms with Crippen LogP contribution >= 0.6 is 0 Å². The lowest BCUT2D eigenvalue weighted by Crippen LogP contribution is -2.49. The monoisotopic (exact) mass is 273 g/mol. The van der Waals surface area contributed by atoms with E-state index in [1.807, 2.05) is 0 Å². The van der Waals surface area contributed by atoms with Gasteiger partial charge in [-0.2, -0.15) is 0 Å². The van der Waals surface area contributed by atoms with Gasteiger partial charge in [0.1, 0.15) is 5.60 Å². The lowest BCUT2D eigenvalue weighted by molar-refractivity contribution is -0.147. The number of alkyl carbamates (subject to hydrolysis) is 1. The highest BCUT2D eigenvalue weighted by molar-refractivity contribution is 5.73. The van der Waals surface area contributed by atoms with Gasteiger partial charge in [0.05, 0.1) is 25.2 Å². The third-order valence-electron chi connectivity index (χ3n) is 3.05. The number of aliphatic hydroxyl groups excluding tert-OH is 1. The molecule has 1 amide bonds. The smallest absolute Gasteiger partial charge is 0.407 e. The number of carbonyl (C=O) groups excluding carboxylic acids is 2. The molecule has 6 nitrogen and oxygen atoms in total. The number of methoxy groups -OCH3 is 1. The van der Waals surface area contributed by atoms with Gasteiger partial charge in [-0.05, 0) is 40.0 Å². The first kappa shape index (κ1) is 15.8. The summed E-state index contributed by atoms with van der Waals surface area (Å²) in [5, 5.41) is 12.5. The zero-order valence-corrected chi connectivity index (χ0v) is 11.9. The number of ether oxygens (including phenoxy) is 2. The van der Waals surface area contributed by atoms with Crippen molar-refractivity contribution in [3.63, 3.8) is 0 Å². The van der Waals surface area contributed by atoms with Crippen LogP contribution in [0.3, 0.4) is 0 Å². The molecular weight excluding hydrogens is 250 g/mol. The van der Waals surface area contributed by atoms with Crippen molar-refractivity contribution in [2.45, 2.75) is 57.8 Å². The van der Waals surface area contributed by atoms with Gasteiger partial charge in [0, 0.05) is 0 Å². The fraction of sp³-hybridized carbons (Fsp3) is 0.846. The Labute approximate surface area is 113 Å². The third kappa shape index (κ3) is 5.06. The summed E-state index contributed by atoms with van der Waals surface area (Å²) in [4.78, 5) is 23.1. The van der Waals surface area contributed by atoms with E-state index in [0.717, 1.165) is 0 Å². The molecule has 1 saturated carbocycles. The van der Waals surface area contributed by atoms with Crippen LogP contribution in [0.25, 0.3) is 0 Å². The molecule has 110 valence electrons. The van der Waals surface area contributed by atoms with Crippen molar-refractivity contribution in [3.8, 4) is 0 Å². The van der Waals surface area contributed by atoms with Crippen LogP contribution in [0.2, 0.25) is 0 Å². The van der Waals surface area contributed by atoms with E-state index >= 15 is 0 Å². The maximum Gasteiger partial charge on any atom is 0.407 e. The lowest BCUT2D eigenvalue weighted by Gasteiger charge is -2.33. The number of rotatable bonds is 2. The highest BCUT2D eigenvalue weighted by atomic mass is 16.6. The fourth-order valence-corrected chi connectivity index (χ4v) is 2.15. The Balaban J connectivity index is 2.55. The second-order valence-electron chi connectivity index (χ2n) is 5.85. The molecule has 0 aromatic carbocycles. The Kier molecular flexibility index (Phi) is 5.17. The molecule has 0 spiro atoms. The zero-order chi connectivity index (χ0) is 14.6. The minimum Gasteiger partial charge on any atom is -0.469 e. The van der Waals surface area contributed by atoms with E-state index < -0.39 is 23.8 Å². The Bertz CT molecular complexity index is 336. The molecule has 0 heterocycles. The first-order chi connectivity index (χ1) is 8.73. The fourth-order valence-electron chi connectivity index (χ4n) is 2.15. The first-order valence-electron chi connectivity index (χ1n) is 6.48. The molecule has 1 fully saturated rings. The number of esters is 1. The van der Waals surface area contributed by atoms with Gasteiger partial charge in [-0.3, -0.25) is 4.79 Å². The molecule has 0 unspecified atom stereocenters. The van der Waals surface area contributed by atoms with E-state index in [2.05, 4.69) is 5.32 Å². The standard InChI is InChI=1S/C13H23NO5/c1-13(2,3)19-12(17)14-9-7-8(11(16)18-4)5-6-10(9)15/h8-10,15H,5-7H2,1-4H3,(H,14,17)/t8-,9+,10+/m0/s1. The van der Waals surface area contributed by atoms with Crippen LogP contribution < -0.4 is 5.32 Å². The lowest BCUT2D eigenvalue weighted by atomic mass is 9.84. The van der Waals surface area contributed by atoms with E-state index in [1.165, 1.54) is 7.11 Å². The van der Waals surface area contributed by atoms with E-state index in [-0.39, 0.29) is 11.9 Å². The highest BCUT2D eigenvalue weighted by Crippen LogP contribution is 2.26. The normalized spacial score (nSPS) is 27.5. The van der Waals surface area contributed by atoms with Crippen LogP contribution in [0.5, 0.6) is 0 Å². The SMILES string of the molecule is COC(=O)[C@H]1CC[C@@H](O)[C@H](NC(=O)OC(C)(C)C)C1. The van der Waals surface area contributed by atoms with Gasteiger partial charge >= 0.3 is 12.1 Å². The van der Waals surface area contributed by atoms with Crippen LogP contribution in [0.15, 0.2) is 0 Å². The number of carbonyl (C=O) groups is 2. The summed E-state index contributed by atoms with van der Waals surface area (Å²) < 4.78 is 9.83. The predicted octanol–water partition coefficient (Wildman–Crippen LogP) is 1.21. The molecule has 1 aliphatic rings. The average Bonchev–Trinajstić information content (AvgIpc) is 2.28. The van der Waals surface area contributed by atoms with Crippen molar-refractivity contribution in [1.82, 2.24) is 5.32 Å². The molecule has 1 aliphatic carbocycles. The second-order valence-corrected chi connectivity index (χ2v) is 5.85. The van der Waals surface area contributed by atoms with Gasteiger partial charge in [0.25, 0.3) is 0 Å².